The summed E-state index contributed by atoms with van der Waals surface area (Å²) >= 11 is 0. The molecular formula is C15H32N2O2. The van der Waals surface area contributed by atoms with E-state index in [2.05, 4.69) is 44.8 Å². The monoisotopic (exact) mass is 272 g/mol. The van der Waals surface area contributed by atoms with E-state index in [0.717, 1.165) is 39.2 Å². The van der Waals surface area contributed by atoms with Crippen LogP contribution in [0.4, 0.5) is 0 Å². The fourth-order valence-electron chi connectivity index (χ4n) is 2.94. The summed E-state index contributed by atoms with van der Waals surface area (Å²) in [7, 11) is 1.75. The molecule has 0 aromatic carbocycles. The van der Waals surface area contributed by atoms with Gasteiger partial charge in [-0.15, -0.1) is 0 Å². The van der Waals surface area contributed by atoms with E-state index in [1.54, 1.807) is 7.11 Å². The van der Waals surface area contributed by atoms with Gasteiger partial charge in [0.2, 0.25) is 0 Å². The normalized spacial score (nSPS) is 24.3. The molecule has 19 heavy (non-hydrogen) atoms. The molecule has 1 atom stereocenters. The second kappa shape index (κ2) is 7.02. The summed E-state index contributed by atoms with van der Waals surface area (Å²) < 4.78 is 11.2. The second-order valence-corrected chi connectivity index (χ2v) is 6.93. The van der Waals surface area contributed by atoms with Gasteiger partial charge in [0, 0.05) is 39.4 Å². The first-order valence-electron chi connectivity index (χ1n) is 7.40. The lowest BCUT2D eigenvalue weighted by molar-refractivity contribution is -0.186. The van der Waals surface area contributed by atoms with Crippen molar-refractivity contribution in [1.29, 1.82) is 0 Å². The van der Waals surface area contributed by atoms with Gasteiger partial charge >= 0.3 is 0 Å². The lowest BCUT2D eigenvalue weighted by Gasteiger charge is -2.49. The van der Waals surface area contributed by atoms with Gasteiger partial charge in [-0.2, -0.15) is 0 Å². The zero-order valence-electron chi connectivity index (χ0n) is 13.6. The molecule has 0 aliphatic carbocycles. The Morgan fingerprint density at radius 3 is 2.32 bits per heavy atom. The van der Waals surface area contributed by atoms with Crippen molar-refractivity contribution in [2.24, 2.45) is 0 Å². The minimum absolute atomic E-state index is 0.0634. The number of rotatable bonds is 7. The Balaban J connectivity index is 2.36. The van der Waals surface area contributed by atoms with Gasteiger partial charge < -0.3 is 14.8 Å². The molecule has 1 saturated heterocycles. The van der Waals surface area contributed by atoms with Crippen LogP contribution in [-0.2, 0) is 9.47 Å². The van der Waals surface area contributed by atoms with Crippen LogP contribution in [0.1, 0.15) is 41.0 Å². The molecule has 0 aromatic heterocycles. The Morgan fingerprint density at radius 2 is 1.79 bits per heavy atom. The first kappa shape index (κ1) is 16.9. The minimum Gasteiger partial charge on any atom is -0.385 e. The fraction of sp³-hybridized carbons (Fsp3) is 1.00. The molecule has 1 heterocycles. The fourth-order valence-corrected chi connectivity index (χ4v) is 2.94. The van der Waals surface area contributed by atoms with Gasteiger partial charge in [-0.1, -0.05) is 0 Å². The first-order valence-corrected chi connectivity index (χ1v) is 7.40. The Hall–Kier alpha value is -0.160. The third-order valence-corrected chi connectivity index (χ3v) is 3.49. The molecule has 1 fully saturated rings. The lowest BCUT2D eigenvalue weighted by Crippen LogP contribution is -2.60. The third kappa shape index (κ3) is 6.21. The average molecular weight is 272 g/mol. The van der Waals surface area contributed by atoms with Crippen LogP contribution in [0.3, 0.4) is 0 Å². The van der Waals surface area contributed by atoms with Gasteiger partial charge in [0.05, 0.1) is 11.2 Å². The van der Waals surface area contributed by atoms with E-state index < -0.39 is 0 Å². The van der Waals surface area contributed by atoms with Crippen molar-refractivity contribution in [3.8, 4) is 0 Å². The van der Waals surface area contributed by atoms with Crippen molar-refractivity contribution >= 4 is 0 Å². The molecule has 0 aromatic rings. The van der Waals surface area contributed by atoms with Crippen LogP contribution < -0.4 is 5.32 Å². The summed E-state index contributed by atoms with van der Waals surface area (Å²) in [5, 5.41) is 3.51. The average Bonchev–Trinajstić information content (AvgIpc) is 2.24. The highest BCUT2D eigenvalue weighted by Crippen LogP contribution is 2.28. The Kier molecular flexibility index (Phi) is 6.24. The second-order valence-electron chi connectivity index (χ2n) is 6.93. The van der Waals surface area contributed by atoms with E-state index in [9.17, 15) is 0 Å². The molecule has 4 nitrogen and oxygen atoms in total. The topological polar surface area (TPSA) is 33.7 Å². The molecule has 1 unspecified atom stereocenters. The van der Waals surface area contributed by atoms with Crippen LogP contribution in [0.5, 0.6) is 0 Å². The van der Waals surface area contributed by atoms with Crippen molar-refractivity contribution in [1.82, 2.24) is 10.2 Å². The van der Waals surface area contributed by atoms with Gasteiger partial charge in [0.1, 0.15) is 0 Å². The number of methoxy groups -OCH3 is 1. The van der Waals surface area contributed by atoms with Gasteiger partial charge in [0.25, 0.3) is 0 Å². The number of nitrogens with zero attached hydrogens (tertiary/aromatic N) is 1. The minimum atomic E-state index is -0.0634. The molecule has 0 amide bonds. The summed E-state index contributed by atoms with van der Waals surface area (Å²) in [6.45, 7) is 15.9. The molecule has 1 aliphatic heterocycles. The van der Waals surface area contributed by atoms with Crippen LogP contribution in [-0.4, -0.2) is 62.0 Å². The van der Waals surface area contributed by atoms with Gasteiger partial charge in [-0.3, -0.25) is 4.90 Å². The quantitative estimate of drug-likeness (QED) is 0.718. The van der Waals surface area contributed by atoms with E-state index in [0.29, 0.717) is 6.04 Å². The van der Waals surface area contributed by atoms with Crippen LogP contribution in [0, 0.1) is 0 Å². The third-order valence-electron chi connectivity index (χ3n) is 3.49. The molecule has 1 rings (SSSR count). The number of hydrogen-bond acceptors (Lipinski definition) is 4. The van der Waals surface area contributed by atoms with E-state index in [-0.39, 0.29) is 11.2 Å². The van der Waals surface area contributed by atoms with Crippen molar-refractivity contribution in [2.45, 2.75) is 58.3 Å². The number of hydrogen-bond donors (Lipinski definition) is 1. The zero-order valence-corrected chi connectivity index (χ0v) is 13.6. The van der Waals surface area contributed by atoms with Crippen LogP contribution >= 0.6 is 0 Å². The molecule has 1 aliphatic rings. The summed E-state index contributed by atoms with van der Waals surface area (Å²) in [4.78, 5) is 2.53. The van der Waals surface area contributed by atoms with Crippen molar-refractivity contribution in [3.63, 3.8) is 0 Å². The number of nitrogens with one attached hydrogen (secondary N) is 1. The molecule has 114 valence electrons. The Morgan fingerprint density at radius 1 is 1.21 bits per heavy atom. The molecule has 0 spiro atoms. The van der Waals surface area contributed by atoms with Crippen molar-refractivity contribution in [2.75, 3.05) is 39.9 Å². The summed E-state index contributed by atoms with van der Waals surface area (Å²) in [6.07, 6.45) is 1.07. The predicted molar refractivity (Wildman–Crippen MR) is 79.6 cm³/mol. The molecule has 0 radical (unpaired) electrons. The maximum absolute atomic E-state index is 6.12. The molecular weight excluding hydrogens is 240 g/mol. The van der Waals surface area contributed by atoms with E-state index >= 15 is 0 Å². The summed E-state index contributed by atoms with van der Waals surface area (Å²) in [5.41, 5.74) is -0.127. The largest absolute Gasteiger partial charge is 0.385 e. The summed E-state index contributed by atoms with van der Waals surface area (Å²) in [6, 6.07) is 0.532. The van der Waals surface area contributed by atoms with Gasteiger partial charge in [-0.05, 0) is 47.6 Å². The van der Waals surface area contributed by atoms with Crippen LogP contribution in [0.2, 0.25) is 0 Å². The predicted octanol–water partition coefficient (Wildman–Crippen LogP) is 1.89. The van der Waals surface area contributed by atoms with Crippen molar-refractivity contribution in [3.05, 3.63) is 0 Å². The highest BCUT2D eigenvalue weighted by Gasteiger charge is 2.39. The SMILES string of the molecule is COCCCNCC(C)N1CC(C)(C)OC(C)(C)C1. The summed E-state index contributed by atoms with van der Waals surface area (Å²) in [5.74, 6) is 0. The van der Waals surface area contributed by atoms with Crippen molar-refractivity contribution < 1.29 is 9.47 Å². The van der Waals surface area contributed by atoms with Crippen LogP contribution in [0.15, 0.2) is 0 Å². The standard InChI is InChI=1S/C15H32N2O2/c1-13(10-16-8-7-9-18-6)17-11-14(2,3)19-15(4,5)12-17/h13,16H,7-12H2,1-6H3. The smallest absolute Gasteiger partial charge is 0.0760 e. The first-order chi connectivity index (χ1) is 8.76. The van der Waals surface area contributed by atoms with Gasteiger partial charge in [-0.25, -0.2) is 0 Å². The lowest BCUT2D eigenvalue weighted by atomic mass is 9.97. The molecule has 1 N–H and O–H groups in total. The van der Waals surface area contributed by atoms with E-state index in [4.69, 9.17) is 9.47 Å². The van der Waals surface area contributed by atoms with Gasteiger partial charge in [0.15, 0.2) is 0 Å². The Labute approximate surface area is 118 Å². The molecule has 4 heteroatoms. The zero-order chi connectivity index (χ0) is 14.5. The Bertz CT molecular complexity index is 251. The van der Waals surface area contributed by atoms with E-state index in [1.165, 1.54) is 0 Å². The highest BCUT2D eigenvalue weighted by molar-refractivity contribution is 4.91. The maximum atomic E-state index is 6.12. The molecule has 0 bridgehead atoms. The van der Waals surface area contributed by atoms with Crippen LogP contribution in [0.25, 0.3) is 0 Å². The number of ether oxygens (including phenoxy) is 2. The highest BCUT2D eigenvalue weighted by atomic mass is 16.5. The molecule has 0 saturated carbocycles. The van der Waals surface area contributed by atoms with E-state index in [1.807, 2.05) is 0 Å². The maximum Gasteiger partial charge on any atom is 0.0760 e. The number of morpholine rings is 1.